The average Bonchev–Trinajstić information content (AvgIpc) is 2.42. The second-order valence-electron chi connectivity index (χ2n) is 5.04. The lowest BCUT2D eigenvalue weighted by Crippen LogP contribution is -2.22. The Labute approximate surface area is 112 Å². The number of phenols is 2. The Balaban J connectivity index is 1.72. The van der Waals surface area contributed by atoms with Crippen molar-refractivity contribution >= 4 is 0 Å². The molecule has 3 rings (SSSR count). The van der Waals surface area contributed by atoms with Gasteiger partial charge in [-0.05, 0) is 42.2 Å². The molecule has 0 aliphatic carbocycles. The second kappa shape index (κ2) is 4.84. The van der Waals surface area contributed by atoms with Gasteiger partial charge in [0.15, 0.2) is 0 Å². The number of fused-ring (bicyclic) bond motifs is 1. The van der Waals surface area contributed by atoms with Gasteiger partial charge in [-0.1, -0.05) is 18.2 Å². The van der Waals surface area contributed by atoms with Crippen LogP contribution in [0.15, 0.2) is 42.5 Å². The monoisotopic (exact) mass is 256 g/mol. The van der Waals surface area contributed by atoms with Crippen LogP contribution in [0, 0.1) is 5.92 Å². The van der Waals surface area contributed by atoms with Crippen molar-refractivity contribution in [2.24, 2.45) is 5.92 Å². The molecule has 0 bridgehead atoms. The number of rotatable bonds is 2. The van der Waals surface area contributed by atoms with Gasteiger partial charge in [-0.25, -0.2) is 0 Å². The largest absolute Gasteiger partial charge is 0.508 e. The van der Waals surface area contributed by atoms with Crippen molar-refractivity contribution in [2.75, 3.05) is 6.61 Å². The van der Waals surface area contributed by atoms with Crippen LogP contribution in [0.2, 0.25) is 0 Å². The molecule has 19 heavy (non-hydrogen) atoms. The van der Waals surface area contributed by atoms with E-state index >= 15 is 0 Å². The van der Waals surface area contributed by atoms with Crippen LogP contribution in [0.4, 0.5) is 0 Å². The first-order chi connectivity index (χ1) is 9.20. The molecular formula is C16H16O3. The molecule has 0 saturated carbocycles. The fourth-order valence-electron chi connectivity index (χ4n) is 2.52. The van der Waals surface area contributed by atoms with Gasteiger partial charge in [0.05, 0.1) is 6.61 Å². The van der Waals surface area contributed by atoms with E-state index < -0.39 is 0 Å². The summed E-state index contributed by atoms with van der Waals surface area (Å²) in [5, 5.41) is 18.7. The van der Waals surface area contributed by atoms with Crippen LogP contribution in [0.5, 0.6) is 17.2 Å². The SMILES string of the molecule is Oc1ccc(C[C@@H]2COc3cc(O)ccc3C2)cc1. The molecule has 0 spiro atoms. The average molecular weight is 256 g/mol. The highest BCUT2D eigenvalue weighted by Gasteiger charge is 2.20. The number of hydrogen-bond acceptors (Lipinski definition) is 3. The van der Waals surface area contributed by atoms with Crippen molar-refractivity contribution in [1.82, 2.24) is 0 Å². The lowest BCUT2D eigenvalue weighted by molar-refractivity contribution is 0.220. The molecule has 0 aromatic heterocycles. The van der Waals surface area contributed by atoms with Crippen LogP contribution in [0.1, 0.15) is 11.1 Å². The summed E-state index contributed by atoms with van der Waals surface area (Å²) in [4.78, 5) is 0. The first kappa shape index (κ1) is 11.9. The molecule has 98 valence electrons. The predicted molar refractivity (Wildman–Crippen MR) is 72.6 cm³/mol. The topological polar surface area (TPSA) is 49.7 Å². The summed E-state index contributed by atoms with van der Waals surface area (Å²) in [6.45, 7) is 0.664. The molecule has 3 nitrogen and oxygen atoms in total. The van der Waals surface area contributed by atoms with E-state index in [1.54, 1.807) is 24.3 Å². The molecule has 2 aromatic carbocycles. The smallest absolute Gasteiger partial charge is 0.126 e. The highest BCUT2D eigenvalue weighted by atomic mass is 16.5. The Morgan fingerprint density at radius 1 is 1.00 bits per heavy atom. The number of hydrogen-bond donors (Lipinski definition) is 2. The molecule has 1 aliphatic heterocycles. The third kappa shape index (κ3) is 2.65. The molecule has 0 unspecified atom stereocenters. The minimum Gasteiger partial charge on any atom is -0.508 e. The van der Waals surface area contributed by atoms with Gasteiger partial charge >= 0.3 is 0 Å². The van der Waals surface area contributed by atoms with E-state index in [0.29, 0.717) is 18.3 Å². The number of ether oxygens (including phenoxy) is 1. The lowest BCUT2D eigenvalue weighted by Gasteiger charge is -2.25. The van der Waals surface area contributed by atoms with Crippen molar-refractivity contribution in [3.63, 3.8) is 0 Å². The molecule has 0 saturated heterocycles. The highest BCUT2D eigenvalue weighted by molar-refractivity contribution is 5.41. The quantitative estimate of drug-likeness (QED) is 0.868. The van der Waals surface area contributed by atoms with Crippen molar-refractivity contribution in [3.8, 4) is 17.2 Å². The van der Waals surface area contributed by atoms with Gasteiger partial charge in [-0.15, -0.1) is 0 Å². The lowest BCUT2D eigenvalue weighted by atomic mass is 9.91. The predicted octanol–water partition coefficient (Wildman–Crippen LogP) is 2.89. The third-order valence-corrected chi connectivity index (χ3v) is 3.49. The van der Waals surface area contributed by atoms with Gasteiger partial charge in [-0.2, -0.15) is 0 Å². The highest BCUT2D eigenvalue weighted by Crippen LogP contribution is 2.31. The number of phenolic OH excluding ortho intramolecular Hbond substituents is 2. The van der Waals surface area contributed by atoms with Crippen LogP contribution in [-0.2, 0) is 12.8 Å². The van der Waals surface area contributed by atoms with Gasteiger partial charge in [0, 0.05) is 12.0 Å². The van der Waals surface area contributed by atoms with E-state index in [-0.39, 0.29) is 5.75 Å². The van der Waals surface area contributed by atoms with Crippen LogP contribution >= 0.6 is 0 Å². The van der Waals surface area contributed by atoms with Crippen molar-refractivity contribution < 1.29 is 14.9 Å². The summed E-state index contributed by atoms with van der Waals surface area (Å²) in [6.07, 6.45) is 1.89. The van der Waals surface area contributed by atoms with E-state index in [4.69, 9.17) is 4.74 Å². The van der Waals surface area contributed by atoms with E-state index in [9.17, 15) is 10.2 Å². The molecule has 0 radical (unpaired) electrons. The van der Waals surface area contributed by atoms with Crippen LogP contribution < -0.4 is 4.74 Å². The maximum atomic E-state index is 9.41. The second-order valence-corrected chi connectivity index (χ2v) is 5.04. The zero-order valence-corrected chi connectivity index (χ0v) is 10.5. The number of aromatic hydroxyl groups is 2. The Hall–Kier alpha value is -2.16. The molecule has 0 fully saturated rings. The molecule has 1 atom stereocenters. The fraction of sp³-hybridized carbons (Fsp3) is 0.250. The Kier molecular flexibility index (Phi) is 3.03. The van der Waals surface area contributed by atoms with Crippen molar-refractivity contribution in [1.29, 1.82) is 0 Å². The van der Waals surface area contributed by atoms with E-state index in [0.717, 1.165) is 24.2 Å². The molecule has 2 N–H and O–H groups in total. The molecule has 0 amide bonds. The Bertz CT molecular complexity index is 575. The normalized spacial score (nSPS) is 17.6. The first-order valence-electron chi connectivity index (χ1n) is 6.43. The summed E-state index contributed by atoms with van der Waals surface area (Å²) in [5.74, 6) is 1.77. The van der Waals surface area contributed by atoms with Crippen LogP contribution in [-0.4, -0.2) is 16.8 Å². The summed E-state index contributed by atoms with van der Waals surface area (Å²) in [7, 11) is 0. The molecule has 2 aromatic rings. The van der Waals surface area contributed by atoms with Gasteiger partial charge in [0.1, 0.15) is 17.2 Å². The zero-order valence-electron chi connectivity index (χ0n) is 10.5. The van der Waals surface area contributed by atoms with Crippen molar-refractivity contribution in [3.05, 3.63) is 53.6 Å². The summed E-state index contributed by atoms with van der Waals surface area (Å²) in [6, 6.07) is 12.6. The van der Waals surface area contributed by atoms with Gasteiger partial charge in [-0.3, -0.25) is 0 Å². The molecule has 1 aliphatic rings. The fourth-order valence-corrected chi connectivity index (χ4v) is 2.52. The minimum atomic E-state index is 0.246. The molecule has 1 heterocycles. The molecule has 3 heteroatoms. The van der Waals surface area contributed by atoms with E-state index in [1.165, 1.54) is 5.56 Å². The third-order valence-electron chi connectivity index (χ3n) is 3.49. The van der Waals surface area contributed by atoms with Gasteiger partial charge < -0.3 is 14.9 Å². The van der Waals surface area contributed by atoms with Crippen molar-refractivity contribution in [2.45, 2.75) is 12.8 Å². The summed E-state index contributed by atoms with van der Waals surface area (Å²) < 4.78 is 5.70. The standard InChI is InChI=1S/C16H16O3/c17-14-4-1-11(2-5-14)7-12-8-13-3-6-15(18)9-16(13)19-10-12/h1-6,9,12,17-18H,7-8,10H2/t12-/m0/s1. The summed E-state index contributed by atoms with van der Waals surface area (Å²) in [5.41, 5.74) is 2.35. The maximum absolute atomic E-state index is 9.41. The van der Waals surface area contributed by atoms with Crippen LogP contribution in [0.3, 0.4) is 0 Å². The number of benzene rings is 2. The zero-order chi connectivity index (χ0) is 13.2. The van der Waals surface area contributed by atoms with E-state index in [1.807, 2.05) is 18.2 Å². The first-order valence-corrected chi connectivity index (χ1v) is 6.43. The molecular weight excluding hydrogens is 240 g/mol. The Morgan fingerprint density at radius 2 is 1.74 bits per heavy atom. The van der Waals surface area contributed by atoms with Crippen LogP contribution in [0.25, 0.3) is 0 Å². The summed E-state index contributed by atoms with van der Waals surface area (Å²) >= 11 is 0. The van der Waals surface area contributed by atoms with Gasteiger partial charge in [0.25, 0.3) is 0 Å². The maximum Gasteiger partial charge on any atom is 0.126 e. The Morgan fingerprint density at radius 3 is 2.53 bits per heavy atom. The van der Waals surface area contributed by atoms with Gasteiger partial charge in [0.2, 0.25) is 0 Å². The van der Waals surface area contributed by atoms with E-state index in [2.05, 4.69) is 0 Å². The minimum absolute atomic E-state index is 0.246.